The van der Waals surface area contributed by atoms with Crippen molar-refractivity contribution in [3.63, 3.8) is 0 Å². The van der Waals surface area contributed by atoms with E-state index in [0.29, 0.717) is 13.0 Å². The second-order valence-corrected chi connectivity index (χ2v) is 5.06. The number of hydrogen-bond acceptors (Lipinski definition) is 3. The maximum atomic E-state index is 14.0. The van der Waals surface area contributed by atoms with Crippen molar-refractivity contribution in [2.24, 2.45) is 0 Å². The van der Waals surface area contributed by atoms with Crippen LogP contribution in [0.15, 0.2) is 30.3 Å². The van der Waals surface area contributed by atoms with E-state index in [1.165, 1.54) is 33.8 Å². The fourth-order valence-corrected chi connectivity index (χ4v) is 2.52. The Balaban J connectivity index is 2.14. The van der Waals surface area contributed by atoms with Gasteiger partial charge in [0.25, 0.3) is 0 Å². The molecule has 1 aromatic carbocycles. The lowest BCUT2D eigenvalue weighted by Crippen LogP contribution is -2.36. The fourth-order valence-electron chi connectivity index (χ4n) is 2.52. The number of carboxylic acid groups (broad SMARTS) is 1. The average molecular weight is 303 g/mol. The standard InChI is InChI=1S/C15H14FN3O3/c16-10-5-1-2-6-12(10)19-13(9-11(17-19)15(21)22)18-8-4-3-7-14(18)20/h1-2,5-6,9H,3-4,7-8H2,(H,21,22). The smallest absolute Gasteiger partial charge is 0.356 e. The van der Waals surface area contributed by atoms with Crippen LogP contribution in [0.25, 0.3) is 5.69 Å². The van der Waals surface area contributed by atoms with Gasteiger partial charge in [0.1, 0.15) is 17.3 Å². The van der Waals surface area contributed by atoms with Crippen LogP contribution in [0.3, 0.4) is 0 Å². The van der Waals surface area contributed by atoms with E-state index in [4.69, 9.17) is 5.11 Å². The highest BCUT2D eigenvalue weighted by atomic mass is 19.1. The van der Waals surface area contributed by atoms with Crippen molar-refractivity contribution >= 4 is 17.7 Å². The van der Waals surface area contributed by atoms with Gasteiger partial charge in [-0.25, -0.2) is 13.9 Å². The molecule has 22 heavy (non-hydrogen) atoms. The van der Waals surface area contributed by atoms with Crippen LogP contribution in [0.5, 0.6) is 0 Å². The lowest BCUT2D eigenvalue weighted by Gasteiger charge is -2.26. The quantitative estimate of drug-likeness (QED) is 0.943. The zero-order valence-electron chi connectivity index (χ0n) is 11.7. The van der Waals surface area contributed by atoms with E-state index in [0.717, 1.165) is 12.8 Å². The number of aromatic carboxylic acids is 1. The first-order chi connectivity index (χ1) is 10.6. The molecule has 0 aliphatic carbocycles. The van der Waals surface area contributed by atoms with Gasteiger partial charge in [-0.15, -0.1) is 0 Å². The van der Waals surface area contributed by atoms with E-state index in [1.54, 1.807) is 6.07 Å². The van der Waals surface area contributed by atoms with Crippen molar-refractivity contribution in [1.82, 2.24) is 9.78 Å². The summed E-state index contributed by atoms with van der Waals surface area (Å²) in [5.41, 5.74) is -0.111. The van der Waals surface area contributed by atoms with Crippen molar-refractivity contribution in [3.8, 4) is 5.69 Å². The van der Waals surface area contributed by atoms with Crippen LogP contribution < -0.4 is 4.90 Å². The van der Waals surface area contributed by atoms with Gasteiger partial charge in [0, 0.05) is 19.0 Å². The van der Waals surface area contributed by atoms with E-state index in [1.807, 2.05) is 0 Å². The van der Waals surface area contributed by atoms with Crippen LogP contribution in [0.1, 0.15) is 29.8 Å². The molecule has 1 saturated heterocycles. The molecule has 1 fully saturated rings. The Hall–Kier alpha value is -2.70. The lowest BCUT2D eigenvalue weighted by atomic mass is 10.1. The van der Waals surface area contributed by atoms with Crippen LogP contribution in [-0.2, 0) is 4.79 Å². The largest absolute Gasteiger partial charge is 0.476 e. The van der Waals surface area contributed by atoms with Crippen LogP contribution in [0, 0.1) is 5.82 Å². The normalized spacial score (nSPS) is 15.1. The van der Waals surface area contributed by atoms with Crippen molar-refractivity contribution < 1.29 is 19.1 Å². The molecule has 0 radical (unpaired) electrons. The third-order valence-electron chi connectivity index (χ3n) is 3.59. The minimum atomic E-state index is -1.22. The molecular formula is C15H14FN3O3. The highest BCUT2D eigenvalue weighted by Crippen LogP contribution is 2.26. The maximum Gasteiger partial charge on any atom is 0.356 e. The van der Waals surface area contributed by atoms with Gasteiger partial charge in [-0.1, -0.05) is 12.1 Å². The number of rotatable bonds is 3. The summed E-state index contributed by atoms with van der Waals surface area (Å²) in [4.78, 5) is 24.7. The van der Waals surface area contributed by atoms with Crippen molar-refractivity contribution in [3.05, 3.63) is 41.8 Å². The number of para-hydroxylation sites is 1. The zero-order chi connectivity index (χ0) is 15.7. The predicted octanol–water partition coefficient (Wildman–Crippen LogP) is 2.23. The number of hydrogen-bond donors (Lipinski definition) is 1. The van der Waals surface area contributed by atoms with Crippen LogP contribution in [0.4, 0.5) is 10.2 Å². The monoisotopic (exact) mass is 303 g/mol. The summed E-state index contributed by atoms with van der Waals surface area (Å²) in [7, 11) is 0. The molecule has 0 spiro atoms. The summed E-state index contributed by atoms with van der Waals surface area (Å²) in [6.45, 7) is 0.470. The first kappa shape index (κ1) is 14.2. The molecule has 1 aliphatic heterocycles. The molecule has 7 heteroatoms. The summed E-state index contributed by atoms with van der Waals surface area (Å²) >= 11 is 0. The minimum Gasteiger partial charge on any atom is -0.476 e. The Kier molecular flexibility index (Phi) is 3.62. The first-order valence-electron chi connectivity index (χ1n) is 6.96. The Labute approximate surface area is 125 Å². The SMILES string of the molecule is O=C(O)c1cc(N2CCCCC2=O)n(-c2ccccc2F)n1. The van der Waals surface area contributed by atoms with Crippen LogP contribution in [0.2, 0.25) is 0 Å². The van der Waals surface area contributed by atoms with E-state index < -0.39 is 11.8 Å². The number of aromatic nitrogens is 2. The Morgan fingerprint density at radius 1 is 1.27 bits per heavy atom. The highest BCUT2D eigenvalue weighted by Gasteiger charge is 2.26. The molecule has 2 heterocycles. The molecule has 3 rings (SSSR count). The topological polar surface area (TPSA) is 75.4 Å². The Bertz CT molecular complexity index is 741. The summed E-state index contributed by atoms with van der Waals surface area (Å²) in [5.74, 6) is -1.58. The number of piperidine rings is 1. The Morgan fingerprint density at radius 2 is 2.05 bits per heavy atom. The second kappa shape index (κ2) is 5.59. The molecule has 2 aromatic rings. The molecule has 0 unspecified atom stereocenters. The summed E-state index contributed by atoms with van der Waals surface area (Å²) < 4.78 is 15.2. The molecule has 0 saturated carbocycles. The molecule has 114 valence electrons. The van der Waals surface area contributed by atoms with E-state index >= 15 is 0 Å². The third-order valence-corrected chi connectivity index (χ3v) is 3.59. The number of carboxylic acids is 1. The van der Waals surface area contributed by atoms with Crippen molar-refractivity contribution in [1.29, 1.82) is 0 Å². The summed E-state index contributed by atoms with van der Waals surface area (Å²) in [5, 5.41) is 13.1. The molecule has 1 aliphatic rings. The van der Waals surface area contributed by atoms with Crippen molar-refractivity contribution in [2.45, 2.75) is 19.3 Å². The van der Waals surface area contributed by atoms with Gasteiger partial charge >= 0.3 is 5.97 Å². The van der Waals surface area contributed by atoms with E-state index in [2.05, 4.69) is 5.10 Å². The predicted molar refractivity (Wildman–Crippen MR) is 76.7 cm³/mol. The zero-order valence-corrected chi connectivity index (χ0v) is 11.7. The molecule has 1 amide bonds. The number of carbonyl (C=O) groups is 2. The Morgan fingerprint density at radius 3 is 2.73 bits per heavy atom. The van der Waals surface area contributed by atoms with Crippen LogP contribution in [-0.4, -0.2) is 33.3 Å². The van der Waals surface area contributed by atoms with Crippen molar-refractivity contribution in [2.75, 3.05) is 11.4 Å². The van der Waals surface area contributed by atoms with E-state index in [-0.39, 0.29) is 23.1 Å². The number of anilines is 1. The third kappa shape index (κ3) is 2.45. The number of halogens is 1. The molecule has 0 atom stereocenters. The average Bonchev–Trinajstić information content (AvgIpc) is 2.93. The molecule has 1 N–H and O–H groups in total. The van der Waals surface area contributed by atoms with Gasteiger partial charge in [-0.05, 0) is 25.0 Å². The lowest BCUT2D eigenvalue weighted by molar-refractivity contribution is -0.119. The molecule has 0 bridgehead atoms. The number of benzene rings is 1. The number of amides is 1. The summed E-state index contributed by atoms with van der Waals surface area (Å²) in [6.07, 6.45) is 2.01. The van der Waals surface area contributed by atoms with Gasteiger partial charge in [0.2, 0.25) is 5.91 Å². The number of carbonyl (C=O) groups excluding carboxylic acids is 1. The van der Waals surface area contributed by atoms with Gasteiger partial charge < -0.3 is 5.11 Å². The maximum absolute atomic E-state index is 14.0. The molecule has 1 aromatic heterocycles. The molecule has 6 nitrogen and oxygen atoms in total. The first-order valence-corrected chi connectivity index (χ1v) is 6.96. The van der Waals surface area contributed by atoms with Crippen LogP contribution >= 0.6 is 0 Å². The van der Waals surface area contributed by atoms with Gasteiger partial charge in [0.15, 0.2) is 5.69 Å². The van der Waals surface area contributed by atoms with Gasteiger partial charge in [0.05, 0.1) is 0 Å². The second-order valence-electron chi connectivity index (χ2n) is 5.06. The fraction of sp³-hybridized carbons (Fsp3) is 0.267. The summed E-state index contributed by atoms with van der Waals surface area (Å²) in [6, 6.07) is 7.22. The number of nitrogens with zero attached hydrogens (tertiary/aromatic N) is 3. The van der Waals surface area contributed by atoms with E-state index in [9.17, 15) is 14.0 Å². The van der Waals surface area contributed by atoms with Gasteiger partial charge in [-0.2, -0.15) is 5.10 Å². The van der Waals surface area contributed by atoms with Gasteiger partial charge in [-0.3, -0.25) is 9.69 Å². The minimum absolute atomic E-state index is 0.110. The molecular weight excluding hydrogens is 289 g/mol. The highest BCUT2D eigenvalue weighted by molar-refractivity contribution is 5.95.